The molecule has 0 atom stereocenters. The third kappa shape index (κ3) is 2.89. The topological polar surface area (TPSA) is 46.6 Å². The normalized spacial score (nSPS) is 11.8. The van der Waals surface area contributed by atoms with Gasteiger partial charge in [0.1, 0.15) is 0 Å². The molecule has 0 rings (SSSR count). The number of rotatable bonds is 2. The van der Waals surface area contributed by atoms with Gasteiger partial charge in [-0.2, -0.15) is 0 Å². The van der Waals surface area contributed by atoms with Crippen molar-refractivity contribution in [2.45, 2.75) is 13.8 Å². The average molecular weight is 185 g/mol. The first-order valence-electron chi connectivity index (χ1n) is 3.89. The molecule has 0 spiro atoms. The van der Waals surface area contributed by atoms with Crippen LogP contribution >= 0.6 is 0 Å². The number of esters is 1. The van der Waals surface area contributed by atoms with Gasteiger partial charge >= 0.3 is 5.97 Å². The SMILES string of the molecule is COC(=O)/C(C)=C(/C)C(=O)N(C)C. The van der Waals surface area contributed by atoms with E-state index >= 15 is 0 Å². The zero-order valence-electron chi connectivity index (χ0n) is 8.67. The number of hydrogen-bond acceptors (Lipinski definition) is 3. The van der Waals surface area contributed by atoms with Crippen molar-refractivity contribution in [1.82, 2.24) is 4.90 Å². The summed E-state index contributed by atoms with van der Waals surface area (Å²) >= 11 is 0. The summed E-state index contributed by atoms with van der Waals surface area (Å²) in [5.41, 5.74) is 0.762. The third-order valence-electron chi connectivity index (χ3n) is 1.78. The summed E-state index contributed by atoms with van der Waals surface area (Å²) in [7, 11) is 4.56. The van der Waals surface area contributed by atoms with E-state index in [1.165, 1.54) is 12.0 Å². The maximum absolute atomic E-state index is 11.4. The molecule has 0 aromatic rings. The van der Waals surface area contributed by atoms with Crippen molar-refractivity contribution in [3.8, 4) is 0 Å². The van der Waals surface area contributed by atoms with E-state index in [-0.39, 0.29) is 5.91 Å². The Morgan fingerprint density at radius 3 is 1.85 bits per heavy atom. The van der Waals surface area contributed by atoms with Crippen molar-refractivity contribution in [2.75, 3.05) is 21.2 Å². The minimum absolute atomic E-state index is 0.178. The molecule has 74 valence electrons. The van der Waals surface area contributed by atoms with Crippen molar-refractivity contribution in [1.29, 1.82) is 0 Å². The van der Waals surface area contributed by atoms with Gasteiger partial charge in [0.15, 0.2) is 0 Å². The van der Waals surface area contributed by atoms with Gasteiger partial charge in [0.25, 0.3) is 0 Å². The number of methoxy groups -OCH3 is 1. The van der Waals surface area contributed by atoms with Crippen LogP contribution in [0.4, 0.5) is 0 Å². The second-order valence-corrected chi connectivity index (χ2v) is 2.94. The Morgan fingerprint density at radius 1 is 1.08 bits per heavy atom. The van der Waals surface area contributed by atoms with E-state index in [0.29, 0.717) is 11.1 Å². The molecule has 0 saturated heterocycles. The Balaban J connectivity index is 4.81. The van der Waals surface area contributed by atoms with E-state index in [4.69, 9.17) is 0 Å². The van der Waals surface area contributed by atoms with E-state index in [2.05, 4.69) is 4.74 Å². The standard InChI is InChI=1S/C9H15NO3/c1-6(8(11)10(3)4)7(2)9(12)13-5/h1-5H3/b7-6-. The Bertz CT molecular complexity index is 254. The van der Waals surface area contributed by atoms with Crippen LogP contribution in [0, 0.1) is 0 Å². The van der Waals surface area contributed by atoms with Gasteiger partial charge in [-0.25, -0.2) is 4.79 Å². The van der Waals surface area contributed by atoms with E-state index < -0.39 is 5.97 Å². The number of ether oxygens (including phenoxy) is 1. The van der Waals surface area contributed by atoms with Crippen LogP contribution in [-0.4, -0.2) is 38.0 Å². The second-order valence-electron chi connectivity index (χ2n) is 2.94. The smallest absolute Gasteiger partial charge is 0.333 e. The molecule has 1 amide bonds. The summed E-state index contributed by atoms with van der Waals surface area (Å²) in [6, 6.07) is 0. The maximum atomic E-state index is 11.4. The summed E-state index contributed by atoms with van der Waals surface area (Å²) < 4.78 is 4.50. The largest absolute Gasteiger partial charge is 0.466 e. The summed E-state index contributed by atoms with van der Waals surface area (Å²) in [6.07, 6.45) is 0. The minimum atomic E-state index is -0.465. The summed E-state index contributed by atoms with van der Waals surface area (Å²) in [5, 5.41) is 0. The zero-order chi connectivity index (χ0) is 10.6. The van der Waals surface area contributed by atoms with Crippen LogP contribution in [0.3, 0.4) is 0 Å². The molecule has 0 aliphatic carbocycles. The fourth-order valence-corrected chi connectivity index (χ4v) is 0.802. The Morgan fingerprint density at radius 2 is 1.54 bits per heavy atom. The molecule has 0 fully saturated rings. The number of nitrogens with zero attached hydrogens (tertiary/aromatic N) is 1. The van der Waals surface area contributed by atoms with Crippen LogP contribution in [0.5, 0.6) is 0 Å². The zero-order valence-corrected chi connectivity index (χ0v) is 8.67. The van der Waals surface area contributed by atoms with Crippen molar-refractivity contribution < 1.29 is 14.3 Å². The van der Waals surface area contributed by atoms with E-state index in [1.54, 1.807) is 27.9 Å². The van der Waals surface area contributed by atoms with Crippen LogP contribution in [0.1, 0.15) is 13.8 Å². The highest BCUT2D eigenvalue weighted by Crippen LogP contribution is 2.07. The molecule has 0 aliphatic rings. The highest BCUT2D eigenvalue weighted by Gasteiger charge is 2.14. The number of carbonyl (C=O) groups excluding carboxylic acids is 2. The molecular weight excluding hydrogens is 170 g/mol. The first kappa shape index (κ1) is 11.7. The van der Waals surface area contributed by atoms with Gasteiger partial charge in [0.2, 0.25) is 5.91 Å². The molecule has 0 aromatic heterocycles. The predicted molar refractivity (Wildman–Crippen MR) is 49.1 cm³/mol. The van der Waals surface area contributed by atoms with E-state index in [9.17, 15) is 9.59 Å². The molecule has 0 radical (unpaired) electrons. The molecule has 0 bridgehead atoms. The van der Waals surface area contributed by atoms with Crippen molar-refractivity contribution in [3.63, 3.8) is 0 Å². The van der Waals surface area contributed by atoms with Crippen LogP contribution in [0.15, 0.2) is 11.1 Å². The van der Waals surface area contributed by atoms with E-state index in [1.807, 2.05) is 0 Å². The van der Waals surface area contributed by atoms with Crippen molar-refractivity contribution in [2.24, 2.45) is 0 Å². The number of likely N-dealkylation sites (N-methyl/N-ethyl adjacent to an activating group) is 1. The van der Waals surface area contributed by atoms with Gasteiger partial charge in [-0.15, -0.1) is 0 Å². The molecule has 0 unspecified atom stereocenters. The summed E-state index contributed by atoms with van der Waals surface area (Å²) in [5.74, 6) is -0.643. The van der Waals surface area contributed by atoms with Gasteiger partial charge in [0.05, 0.1) is 7.11 Å². The summed E-state index contributed by atoms with van der Waals surface area (Å²) in [6.45, 7) is 3.18. The van der Waals surface area contributed by atoms with E-state index in [0.717, 1.165) is 0 Å². The van der Waals surface area contributed by atoms with Gasteiger partial charge in [0, 0.05) is 25.2 Å². The van der Waals surface area contributed by atoms with Gasteiger partial charge < -0.3 is 9.64 Å². The molecule has 13 heavy (non-hydrogen) atoms. The Kier molecular flexibility index (Phi) is 4.17. The van der Waals surface area contributed by atoms with Gasteiger partial charge in [-0.3, -0.25) is 4.79 Å². The average Bonchev–Trinajstić information content (AvgIpc) is 2.12. The first-order chi connectivity index (χ1) is 5.91. The fourth-order valence-electron chi connectivity index (χ4n) is 0.802. The number of carbonyl (C=O) groups is 2. The van der Waals surface area contributed by atoms with Crippen molar-refractivity contribution in [3.05, 3.63) is 11.1 Å². The van der Waals surface area contributed by atoms with Crippen LogP contribution in [0.2, 0.25) is 0 Å². The van der Waals surface area contributed by atoms with Gasteiger partial charge in [-0.05, 0) is 13.8 Å². The minimum Gasteiger partial charge on any atom is -0.466 e. The highest BCUT2D eigenvalue weighted by molar-refractivity contribution is 6.01. The lowest BCUT2D eigenvalue weighted by Gasteiger charge is -2.11. The Hall–Kier alpha value is -1.32. The lowest BCUT2D eigenvalue weighted by molar-refractivity contribution is -0.136. The molecule has 4 heteroatoms. The molecule has 0 saturated carbocycles. The molecule has 4 nitrogen and oxygen atoms in total. The molecule has 0 aliphatic heterocycles. The molecular formula is C9H15NO3. The molecule has 0 N–H and O–H groups in total. The number of hydrogen-bond donors (Lipinski definition) is 0. The third-order valence-corrected chi connectivity index (χ3v) is 1.78. The van der Waals surface area contributed by atoms with Crippen molar-refractivity contribution >= 4 is 11.9 Å². The van der Waals surface area contributed by atoms with Gasteiger partial charge in [-0.1, -0.05) is 0 Å². The monoisotopic (exact) mass is 185 g/mol. The highest BCUT2D eigenvalue weighted by atomic mass is 16.5. The first-order valence-corrected chi connectivity index (χ1v) is 3.89. The fraction of sp³-hybridized carbons (Fsp3) is 0.556. The quantitative estimate of drug-likeness (QED) is 0.467. The van der Waals surface area contributed by atoms with Crippen LogP contribution < -0.4 is 0 Å². The number of amides is 1. The lowest BCUT2D eigenvalue weighted by atomic mass is 10.1. The second kappa shape index (κ2) is 4.64. The predicted octanol–water partition coefficient (Wildman–Crippen LogP) is 0.584. The maximum Gasteiger partial charge on any atom is 0.333 e. The lowest BCUT2D eigenvalue weighted by Crippen LogP contribution is -2.24. The molecule has 0 aromatic carbocycles. The molecule has 0 heterocycles. The van der Waals surface area contributed by atoms with Crippen LogP contribution in [0.25, 0.3) is 0 Å². The summed E-state index contributed by atoms with van der Waals surface area (Å²) in [4.78, 5) is 23.8. The van der Waals surface area contributed by atoms with Crippen LogP contribution in [-0.2, 0) is 14.3 Å². The Labute approximate surface area is 78.2 Å².